The third-order valence-corrected chi connectivity index (χ3v) is 3.01. The molecule has 0 aliphatic carbocycles. The zero-order chi connectivity index (χ0) is 12.5. The molecule has 0 unspecified atom stereocenters. The number of nitrogens with one attached hydrogen (secondary N) is 1. The molecular weight excluding hydrogens is 224 g/mol. The SMILES string of the molecule is Nc1ccccc1/C=C1/C(=O)Nc2ccccc21. The zero-order valence-electron chi connectivity index (χ0n) is 9.68. The van der Waals surface area contributed by atoms with Gasteiger partial charge in [0.15, 0.2) is 0 Å². The summed E-state index contributed by atoms with van der Waals surface area (Å²) in [5, 5.41) is 2.84. The maximum Gasteiger partial charge on any atom is 0.256 e. The number of hydrogen-bond donors (Lipinski definition) is 2. The van der Waals surface area contributed by atoms with Gasteiger partial charge in [-0.3, -0.25) is 4.79 Å². The van der Waals surface area contributed by atoms with Gasteiger partial charge in [-0.15, -0.1) is 0 Å². The summed E-state index contributed by atoms with van der Waals surface area (Å²) in [6.07, 6.45) is 1.83. The number of anilines is 2. The minimum atomic E-state index is -0.0838. The lowest BCUT2D eigenvalue weighted by molar-refractivity contribution is -0.110. The van der Waals surface area contributed by atoms with Crippen LogP contribution in [0.4, 0.5) is 11.4 Å². The van der Waals surface area contributed by atoms with Gasteiger partial charge in [0.1, 0.15) is 0 Å². The molecule has 0 fully saturated rings. The Morgan fingerprint density at radius 3 is 2.56 bits per heavy atom. The third-order valence-electron chi connectivity index (χ3n) is 3.01. The third kappa shape index (κ3) is 1.66. The van der Waals surface area contributed by atoms with Crippen LogP contribution in [0.3, 0.4) is 0 Å². The topological polar surface area (TPSA) is 55.1 Å². The lowest BCUT2D eigenvalue weighted by atomic mass is 10.0. The van der Waals surface area contributed by atoms with E-state index in [4.69, 9.17) is 5.73 Å². The summed E-state index contributed by atoms with van der Waals surface area (Å²) < 4.78 is 0. The van der Waals surface area contributed by atoms with Crippen molar-refractivity contribution in [3.05, 3.63) is 59.7 Å². The summed E-state index contributed by atoms with van der Waals surface area (Å²) in [5.74, 6) is -0.0838. The van der Waals surface area contributed by atoms with Gasteiger partial charge >= 0.3 is 0 Å². The summed E-state index contributed by atoms with van der Waals surface area (Å²) in [6.45, 7) is 0. The van der Waals surface area contributed by atoms with Gasteiger partial charge in [0.05, 0.1) is 0 Å². The van der Waals surface area contributed by atoms with E-state index in [2.05, 4.69) is 5.32 Å². The average molecular weight is 236 g/mol. The van der Waals surface area contributed by atoms with Crippen LogP contribution in [0, 0.1) is 0 Å². The van der Waals surface area contributed by atoms with Crippen molar-refractivity contribution < 1.29 is 4.79 Å². The number of hydrogen-bond acceptors (Lipinski definition) is 2. The Balaban J connectivity index is 2.13. The van der Waals surface area contributed by atoms with Crippen molar-refractivity contribution in [2.24, 2.45) is 0 Å². The molecular formula is C15H12N2O. The van der Waals surface area contributed by atoms with Crippen molar-refractivity contribution in [1.82, 2.24) is 0 Å². The van der Waals surface area contributed by atoms with Crippen LogP contribution in [0.15, 0.2) is 48.5 Å². The van der Waals surface area contributed by atoms with Crippen LogP contribution in [0.1, 0.15) is 11.1 Å². The Morgan fingerprint density at radius 2 is 1.72 bits per heavy atom. The van der Waals surface area contributed by atoms with Gasteiger partial charge in [0.25, 0.3) is 5.91 Å². The maximum atomic E-state index is 11.9. The van der Waals surface area contributed by atoms with E-state index in [1.165, 1.54) is 0 Å². The second-order valence-corrected chi connectivity index (χ2v) is 4.19. The van der Waals surface area contributed by atoms with Crippen LogP contribution in [-0.2, 0) is 4.79 Å². The maximum absolute atomic E-state index is 11.9. The fraction of sp³-hybridized carbons (Fsp3) is 0. The number of rotatable bonds is 1. The van der Waals surface area contributed by atoms with E-state index in [-0.39, 0.29) is 5.91 Å². The Bertz CT molecular complexity index is 659. The number of fused-ring (bicyclic) bond motifs is 1. The first-order valence-electron chi connectivity index (χ1n) is 5.72. The first-order chi connectivity index (χ1) is 8.75. The summed E-state index contributed by atoms with van der Waals surface area (Å²) in [6, 6.07) is 15.1. The van der Waals surface area contributed by atoms with E-state index in [1.54, 1.807) is 0 Å². The molecule has 1 amide bonds. The van der Waals surface area contributed by atoms with E-state index in [9.17, 15) is 4.79 Å². The molecule has 0 saturated carbocycles. The minimum absolute atomic E-state index is 0.0838. The number of carbonyl (C=O) groups excluding carboxylic acids is 1. The highest BCUT2D eigenvalue weighted by Crippen LogP contribution is 2.33. The first kappa shape index (κ1) is 10.6. The van der Waals surface area contributed by atoms with E-state index < -0.39 is 0 Å². The second-order valence-electron chi connectivity index (χ2n) is 4.19. The highest BCUT2D eigenvalue weighted by Gasteiger charge is 2.23. The van der Waals surface area contributed by atoms with Crippen LogP contribution < -0.4 is 11.1 Å². The van der Waals surface area contributed by atoms with Crippen molar-refractivity contribution in [2.45, 2.75) is 0 Å². The number of benzene rings is 2. The molecule has 3 N–H and O–H groups in total. The van der Waals surface area contributed by atoms with Crippen LogP contribution in [0.2, 0.25) is 0 Å². The summed E-state index contributed by atoms with van der Waals surface area (Å²) >= 11 is 0. The molecule has 1 aliphatic heterocycles. The molecule has 3 nitrogen and oxygen atoms in total. The minimum Gasteiger partial charge on any atom is -0.398 e. The van der Waals surface area contributed by atoms with Gasteiger partial charge in [0, 0.05) is 22.5 Å². The van der Waals surface area contributed by atoms with Gasteiger partial charge < -0.3 is 11.1 Å². The van der Waals surface area contributed by atoms with E-state index in [1.807, 2.05) is 54.6 Å². The highest BCUT2D eigenvalue weighted by molar-refractivity contribution is 6.35. The largest absolute Gasteiger partial charge is 0.398 e. The van der Waals surface area contributed by atoms with Crippen LogP contribution in [0.25, 0.3) is 11.6 Å². The van der Waals surface area contributed by atoms with E-state index >= 15 is 0 Å². The number of nitrogens with two attached hydrogens (primary N) is 1. The standard InChI is InChI=1S/C15H12N2O/c16-13-7-3-1-5-10(13)9-12-11-6-2-4-8-14(11)17-15(12)18/h1-9H,16H2,(H,17,18)/b12-9+. The van der Waals surface area contributed by atoms with Crippen LogP contribution in [0.5, 0.6) is 0 Å². The molecule has 1 aliphatic rings. The molecule has 0 spiro atoms. The summed E-state index contributed by atoms with van der Waals surface area (Å²) in [5.41, 5.74) is 9.85. The van der Waals surface area contributed by atoms with Crippen LogP contribution in [-0.4, -0.2) is 5.91 Å². The smallest absolute Gasteiger partial charge is 0.256 e. The monoisotopic (exact) mass is 236 g/mol. The fourth-order valence-corrected chi connectivity index (χ4v) is 2.08. The van der Waals surface area contributed by atoms with Crippen molar-refractivity contribution in [3.63, 3.8) is 0 Å². The van der Waals surface area contributed by atoms with Crippen molar-refractivity contribution in [1.29, 1.82) is 0 Å². The molecule has 2 aromatic rings. The molecule has 3 heteroatoms. The molecule has 0 aromatic heterocycles. The van der Waals surface area contributed by atoms with Gasteiger partial charge in [-0.2, -0.15) is 0 Å². The molecule has 0 radical (unpaired) electrons. The molecule has 2 aromatic carbocycles. The average Bonchev–Trinajstić information content (AvgIpc) is 2.69. The molecule has 0 atom stereocenters. The Kier molecular flexibility index (Phi) is 2.38. The quantitative estimate of drug-likeness (QED) is 0.591. The molecule has 1 heterocycles. The Morgan fingerprint density at radius 1 is 1.00 bits per heavy atom. The zero-order valence-corrected chi connectivity index (χ0v) is 9.68. The van der Waals surface area contributed by atoms with Crippen molar-refractivity contribution in [3.8, 4) is 0 Å². The summed E-state index contributed by atoms with van der Waals surface area (Å²) in [7, 11) is 0. The predicted molar refractivity (Wildman–Crippen MR) is 73.8 cm³/mol. The number of para-hydroxylation sites is 2. The molecule has 88 valence electrons. The molecule has 0 saturated heterocycles. The molecule has 3 rings (SSSR count). The first-order valence-corrected chi connectivity index (χ1v) is 5.72. The van der Waals surface area contributed by atoms with Crippen molar-refractivity contribution in [2.75, 3.05) is 11.1 Å². The Labute approximate surface area is 105 Å². The van der Waals surface area contributed by atoms with Gasteiger partial charge in [-0.25, -0.2) is 0 Å². The van der Waals surface area contributed by atoms with E-state index in [0.29, 0.717) is 11.3 Å². The van der Waals surface area contributed by atoms with E-state index in [0.717, 1.165) is 16.8 Å². The van der Waals surface area contributed by atoms with Gasteiger partial charge in [0.2, 0.25) is 0 Å². The molecule has 0 bridgehead atoms. The van der Waals surface area contributed by atoms with Gasteiger partial charge in [-0.1, -0.05) is 36.4 Å². The second kappa shape index (κ2) is 4.04. The lowest BCUT2D eigenvalue weighted by Crippen LogP contribution is -2.03. The Hall–Kier alpha value is -2.55. The lowest BCUT2D eigenvalue weighted by Gasteiger charge is -2.01. The predicted octanol–water partition coefficient (Wildman–Crippen LogP) is 2.76. The highest BCUT2D eigenvalue weighted by atomic mass is 16.2. The molecule has 18 heavy (non-hydrogen) atoms. The normalized spacial score (nSPS) is 15.6. The number of carbonyl (C=O) groups is 1. The van der Waals surface area contributed by atoms with Crippen molar-refractivity contribution >= 4 is 28.9 Å². The van der Waals surface area contributed by atoms with Gasteiger partial charge in [-0.05, 0) is 23.8 Å². The number of nitrogen functional groups attached to an aromatic ring is 1. The fourth-order valence-electron chi connectivity index (χ4n) is 2.08. The van der Waals surface area contributed by atoms with Crippen LogP contribution >= 0.6 is 0 Å². The number of amides is 1. The summed E-state index contributed by atoms with van der Waals surface area (Å²) in [4.78, 5) is 11.9.